The Morgan fingerprint density at radius 2 is 1.57 bits per heavy atom. The summed E-state index contributed by atoms with van der Waals surface area (Å²) >= 11 is 0. The number of methoxy groups -OCH3 is 1. The number of nitrogens with one attached hydrogen (secondary N) is 2. The highest BCUT2D eigenvalue weighted by molar-refractivity contribution is 5.61. The van der Waals surface area contributed by atoms with E-state index < -0.39 is 0 Å². The number of nitrogens with zero attached hydrogens (tertiary/aromatic N) is 4. The lowest BCUT2D eigenvalue weighted by Gasteiger charge is -2.27. The van der Waals surface area contributed by atoms with E-state index >= 15 is 0 Å². The van der Waals surface area contributed by atoms with E-state index in [2.05, 4.69) is 56.5 Å². The Kier molecular flexibility index (Phi) is 5.94. The molecule has 0 spiro atoms. The molecule has 30 heavy (non-hydrogen) atoms. The van der Waals surface area contributed by atoms with E-state index in [0.29, 0.717) is 31.1 Å². The third-order valence-corrected chi connectivity index (χ3v) is 5.01. The summed E-state index contributed by atoms with van der Waals surface area (Å²) < 4.78 is 10.8. The van der Waals surface area contributed by atoms with Gasteiger partial charge in [-0.2, -0.15) is 15.0 Å². The molecule has 1 aliphatic rings. The first-order chi connectivity index (χ1) is 14.6. The van der Waals surface area contributed by atoms with Crippen molar-refractivity contribution in [2.75, 3.05) is 48.9 Å². The van der Waals surface area contributed by atoms with Crippen LogP contribution in [0.1, 0.15) is 11.1 Å². The van der Waals surface area contributed by atoms with Crippen LogP contribution in [0.5, 0.6) is 5.75 Å². The van der Waals surface area contributed by atoms with E-state index in [1.165, 1.54) is 11.1 Å². The van der Waals surface area contributed by atoms with Crippen molar-refractivity contribution in [3.05, 3.63) is 53.6 Å². The Hall–Kier alpha value is -3.39. The lowest BCUT2D eigenvalue weighted by atomic mass is 10.1. The molecule has 0 saturated carbocycles. The molecule has 4 rings (SSSR count). The summed E-state index contributed by atoms with van der Waals surface area (Å²) in [5.74, 6) is 2.33. The van der Waals surface area contributed by atoms with Crippen molar-refractivity contribution in [2.24, 2.45) is 0 Å². The molecule has 2 heterocycles. The maximum Gasteiger partial charge on any atom is 0.233 e. The van der Waals surface area contributed by atoms with Gasteiger partial charge in [0.25, 0.3) is 0 Å². The highest BCUT2D eigenvalue weighted by atomic mass is 16.5. The molecule has 1 aliphatic heterocycles. The highest BCUT2D eigenvalue weighted by Crippen LogP contribution is 2.24. The van der Waals surface area contributed by atoms with Crippen LogP contribution < -0.4 is 20.3 Å². The Morgan fingerprint density at radius 1 is 0.867 bits per heavy atom. The van der Waals surface area contributed by atoms with Gasteiger partial charge < -0.3 is 25.0 Å². The monoisotopic (exact) mass is 406 g/mol. The van der Waals surface area contributed by atoms with Crippen LogP contribution in [0, 0.1) is 13.8 Å². The predicted octanol–water partition coefficient (Wildman–Crippen LogP) is 3.82. The molecule has 2 aromatic carbocycles. The molecule has 0 aliphatic carbocycles. The molecule has 0 bridgehead atoms. The zero-order chi connectivity index (χ0) is 20.9. The van der Waals surface area contributed by atoms with Crippen molar-refractivity contribution in [3.8, 4) is 5.75 Å². The number of aromatic nitrogens is 3. The largest absolute Gasteiger partial charge is 0.497 e. The Balaban J connectivity index is 1.65. The minimum atomic E-state index is 0.464. The van der Waals surface area contributed by atoms with Crippen LogP contribution in [0.2, 0.25) is 0 Å². The van der Waals surface area contributed by atoms with Gasteiger partial charge in [-0.3, -0.25) is 0 Å². The standard InChI is InChI=1S/C22H26N6O2/c1-15-7-8-18(13-16(15)2)24-21-25-20(23-17-5-4-6-19(14-17)29-3)26-22(27-21)28-9-11-30-12-10-28/h4-8,13-14H,9-12H2,1-3H3,(H2,23,24,25,26,27). The van der Waals surface area contributed by atoms with Crippen LogP contribution in [0.4, 0.5) is 29.2 Å². The first-order valence-corrected chi connectivity index (χ1v) is 9.95. The number of ether oxygens (including phenoxy) is 2. The van der Waals surface area contributed by atoms with Crippen molar-refractivity contribution < 1.29 is 9.47 Å². The number of benzene rings is 2. The van der Waals surface area contributed by atoms with Crippen molar-refractivity contribution in [3.63, 3.8) is 0 Å². The molecule has 8 heteroatoms. The molecule has 3 aromatic rings. The van der Waals surface area contributed by atoms with E-state index in [1.54, 1.807) is 7.11 Å². The van der Waals surface area contributed by atoms with Gasteiger partial charge in [0.05, 0.1) is 20.3 Å². The quantitative estimate of drug-likeness (QED) is 0.639. The molecule has 0 radical (unpaired) electrons. The molecule has 1 saturated heterocycles. The second kappa shape index (κ2) is 8.96. The second-order valence-corrected chi connectivity index (χ2v) is 7.16. The van der Waals surface area contributed by atoms with Gasteiger partial charge in [0.2, 0.25) is 17.8 Å². The fourth-order valence-electron chi connectivity index (χ4n) is 3.16. The van der Waals surface area contributed by atoms with Crippen LogP contribution >= 0.6 is 0 Å². The summed E-state index contributed by atoms with van der Waals surface area (Å²) in [7, 11) is 1.64. The average Bonchev–Trinajstić information content (AvgIpc) is 2.77. The van der Waals surface area contributed by atoms with Gasteiger partial charge in [-0.15, -0.1) is 0 Å². The van der Waals surface area contributed by atoms with Crippen molar-refractivity contribution in [1.29, 1.82) is 0 Å². The number of morpholine rings is 1. The molecule has 0 amide bonds. The zero-order valence-corrected chi connectivity index (χ0v) is 17.5. The van der Waals surface area contributed by atoms with Gasteiger partial charge in [0.15, 0.2) is 0 Å². The first-order valence-electron chi connectivity index (χ1n) is 9.95. The Labute approximate surface area is 176 Å². The van der Waals surface area contributed by atoms with Crippen molar-refractivity contribution in [1.82, 2.24) is 15.0 Å². The minimum Gasteiger partial charge on any atom is -0.497 e. The van der Waals surface area contributed by atoms with E-state index in [0.717, 1.165) is 30.2 Å². The zero-order valence-electron chi connectivity index (χ0n) is 17.5. The van der Waals surface area contributed by atoms with E-state index in [-0.39, 0.29) is 0 Å². The first kappa shape index (κ1) is 19.9. The van der Waals surface area contributed by atoms with E-state index in [9.17, 15) is 0 Å². The summed E-state index contributed by atoms with van der Waals surface area (Å²) in [6, 6.07) is 13.8. The summed E-state index contributed by atoms with van der Waals surface area (Å²) in [4.78, 5) is 16.0. The molecular formula is C22H26N6O2. The molecule has 1 aromatic heterocycles. The second-order valence-electron chi connectivity index (χ2n) is 7.16. The van der Waals surface area contributed by atoms with Crippen LogP contribution in [0.25, 0.3) is 0 Å². The number of hydrogen-bond acceptors (Lipinski definition) is 8. The summed E-state index contributed by atoms with van der Waals surface area (Å²) in [5, 5.41) is 6.58. The van der Waals surface area contributed by atoms with Crippen LogP contribution in [-0.2, 0) is 4.74 Å². The number of rotatable bonds is 6. The molecule has 0 unspecified atom stereocenters. The lowest BCUT2D eigenvalue weighted by molar-refractivity contribution is 0.122. The molecule has 156 valence electrons. The van der Waals surface area contributed by atoms with Gasteiger partial charge in [0, 0.05) is 30.5 Å². The van der Waals surface area contributed by atoms with Crippen molar-refractivity contribution >= 4 is 29.2 Å². The fraction of sp³-hybridized carbons (Fsp3) is 0.318. The highest BCUT2D eigenvalue weighted by Gasteiger charge is 2.17. The maximum absolute atomic E-state index is 5.46. The van der Waals surface area contributed by atoms with Gasteiger partial charge in [-0.25, -0.2) is 0 Å². The van der Waals surface area contributed by atoms with Crippen LogP contribution in [0.3, 0.4) is 0 Å². The summed E-state index contributed by atoms with van der Waals surface area (Å²) in [6.07, 6.45) is 0. The number of anilines is 5. The number of hydrogen-bond donors (Lipinski definition) is 2. The number of aryl methyl sites for hydroxylation is 2. The van der Waals surface area contributed by atoms with Gasteiger partial charge >= 0.3 is 0 Å². The van der Waals surface area contributed by atoms with Gasteiger partial charge in [-0.05, 0) is 49.2 Å². The molecular weight excluding hydrogens is 380 g/mol. The normalized spacial score (nSPS) is 13.8. The molecule has 1 fully saturated rings. The average molecular weight is 406 g/mol. The van der Waals surface area contributed by atoms with Gasteiger partial charge in [0.1, 0.15) is 5.75 Å². The lowest BCUT2D eigenvalue weighted by Crippen LogP contribution is -2.37. The summed E-state index contributed by atoms with van der Waals surface area (Å²) in [5.41, 5.74) is 4.22. The van der Waals surface area contributed by atoms with Crippen LogP contribution in [0.15, 0.2) is 42.5 Å². The Morgan fingerprint density at radius 3 is 2.23 bits per heavy atom. The summed E-state index contributed by atoms with van der Waals surface area (Å²) in [6.45, 7) is 6.98. The molecule has 2 N–H and O–H groups in total. The van der Waals surface area contributed by atoms with Crippen LogP contribution in [-0.4, -0.2) is 48.4 Å². The molecule has 8 nitrogen and oxygen atoms in total. The van der Waals surface area contributed by atoms with E-state index in [4.69, 9.17) is 9.47 Å². The third kappa shape index (κ3) is 4.77. The topological polar surface area (TPSA) is 84.4 Å². The fourth-order valence-corrected chi connectivity index (χ4v) is 3.16. The molecule has 0 atom stereocenters. The predicted molar refractivity (Wildman–Crippen MR) is 118 cm³/mol. The van der Waals surface area contributed by atoms with E-state index in [1.807, 2.05) is 30.3 Å². The maximum atomic E-state index is 5.46. The van der Waals surface area contributed by atoms with Gasteiger partial charge in [-0.1, -0.05) is 12.1 Å². The smallest absolute Gasteiger partial charge is 0.233 e. The minimum absolute atomic E-state index is 0.464. The third-order valence-electron chi connectivity index (χ3n) is 5.01. The SMILES string of the molecule is COc1cccc(Nc2nc(Nc3ccc(C)c(C)c3)nc(N3CCOCC3)n2)c1. The Bertz CT molecular complexity index is 1020. The van der Waals surface area contributed by atoms with Crippen molar-refractivity contribution in [2.45, 2.75) is 13.8 Å².